The third kappa shape index (κ3) is 4.28. The normalized spacial score (nSPS) is 11.9. The maximum Gasteiger partial charge on any atom is 0.242 e. The predicted octanol–water partition coefficient (Wildman–Crippen LogP) is 5.30. The second-order valence-electron chi connectivity index (χ2n) is 5.81. The molecule has 1 amide bonds. The van der Waals surface area contributed by atoms with Gasteiger partial charge in [-0.3, -0.25) is 4.79 Å². The Morgan fingerprint density at radius 2 is 1.54 bits per heavy atom. The Kier molecular flexibility index (Phi) is 5.89. The predicted molar refractivity (Wildman–Crippen MR) is 101 cm³/mol. The van der Waals surface area contributed by atoms with Crippen LogP contribution in [-0.4, -0.2) is 5.91 Å². The summed E-state index contributed by atoms with van der Waals surface area (Å²) in [7, 11) is 0. The molecule has 0 aliphatic heterocycles. The molecule has 0 saturated heterocycles. The fraction of sp³-hybridized carbons (Fsp3) is 0.0500. The van der Waals surface area contributed by atoms with Crippen LogP contribution in [-0.2, 0) is 4.79 Å². The Balaban J connectivity index is 1.96. The topological polar surface area (TPSA) is 55.1 Å². The van der Waals surface area contributed by atoms with E-state index in [9.17, 15) is 22.4 Å². The van der Waals surface area contributed by atoms with Gasteiger partial charge in [-0.25, -0.2) is 17.6 Å². The molecule has 144 valence electrons. The Hall–Kier alpha value is -3.00. The van der Waals surface area contributed by atoms with Gasteiger partial charge in [0.25, 0.3) is 0 Å². The van der Waals surface area contributed by atoms with Gasteiger partial charge < -0.3 is 11.1 Å². The number of amides is 1. The van der Waals surface area contributed by atoms with Gasteiger partial charge >= 0.3 is 0 Å². The van der Waals surface area contributed by atoms with Crippen LogP contribution in [0.3, 0.4) is 0 Å². The molecule has 0 aliphatic carbocycles. The highest BCUT2D eigenvalue weighted by Gasteiger charge is 2.27. The van der Waals surface area contributed by atoms with Crippen molar-refractivity contribution in [1.29, 1.82) is 0 Å². The highest BCUT2D eigenvalue weighted by Crippen LogP contribution is 2.37. The number of hydrogen-bond donors (Lipinski definition) is 2. The van der Waals surface area contributed by atoms with Gasteiger partial charge in [0, 0.05) is 16.6 Å². The fourth-order valence-corrected chi connectivity index (χ4v) is 3.59. The van der Waals surface area contributed by atoms with Crippen molar-refractivity contribution < 1.29 is 22.4 Å². The molecule has 8 heteroatoms. The van der Waals surface area contributed by atoms with Gasteiger partial charge in [-0.05, 0) is 23.8 Å². The lowest BCUT2D eigenvalue weighted by Crippen LogP contribution is -2.21. The quantitative estimate of drug-likeness (QED) is 0.262. The van der Waals surface area contributed by atoms with Crippen molar-refractivity contribution in [1.82, 2.24) is 0 Å². The molecule has 0 bridgehead atoms. The molecular weight excluding hydrogens is 392 g/mol. The van der Waals surface area contributed by atoms with E-state index in [2.05, 4.69) is 0 Å². The highest BCUT2D eigenvalue weighted by atomic mass is 32.2. The van der Waals surface area contributed by atoms with E-state index in [1.54, 1.807) is 54.6 Å². The van der Waals surface area contributed by atoms with Crippen LogP contribution >= 0.6 is 11.8 Å². The molecule has 0 spiro atoms. The zero-order valence-corrected chi connectivity index (χ0v) is 15.1. The number of anilines is 2. The molecule has 3 rings (SSSR count). The van der Waals surface area contributed by atoms with E-state index in [4.69, 9.17) is 5.73 Å². The van der Waals surface area contributed by atoms with Crippen molar-refractivity contribution in [2.24, 2.45) is 0 Å². The van der Waals surface area contributed by atoms with Crippen molar-refractivity contribution in [3.05, 3.63) is 89.5 Å². The smallest absolute Gasteiger partial charge is 0.242 e. The summed E-state index contributed by atoms with van der Waals surface area (Å²) in [5.41, 5.74) is 5.59. The molecule has 28 heavy (non-hydrogen) atoms. The van der Waals surface area contributed by atoms with Crippen LogP contribution < -0.4 is 11.1 Å². The molecule has 3 aromatic rings. The molecule has 3 aromatic carbocycles. The van der Waals surface area contributed by atoms with Crippen LogP contribution in [0, 0.1) is 23.3 Å². The number of carbonyl (C=O) groups is 1. The zero-order chi connectivity index (χ0) is 20.3. The summed E-state index contributed by atoms with van der Waals surface area (Å²) in [6.07, 6.45) is 0. The summed E-state index contributed by atoms with van der Waals surface area (Å²) >= 11 is 1.08. The van der Waals surface area contributed by atoms with Gasteiger partial charge in [0.15, 0.2) is 23.3 Å². The number of benzene rings is 3. The Bertz CT molecular complexity index is 988. The first-order chi connectivity index (χ1) is 13.4. The number of rotatable bonds is 5. The zero-order valence-electron chi connectivity index (χ0n) is 14.3. The van der Waals surface area contributed by atoms with Crippen LogP contribution in [0.5, 0.6) is 0 Å². The Morgan fingerprint density at radius 3 is 2.14 bits per heavy atom. The summed E-state index contributed by atoms with van der Waals surface area (Å²) in [5.74, 6) is -7.40. The summed E-state index contributed by atoms with van der Waals surface area (Å²) < 4.78 is 54.7. The molecule has 0 heterocycles. The average molecular weight is 406 g/mol. The minimum Gasteiger partial charge on any atom is -0.399 e. The van der Waals surface area contributed by atoms with Gasteiger partial charge in [-0.1, -0.05) is 36.4 Å². The van der Waals surface area contributed by atoms with Gasteiger partial charge in [0.2, 0.25) is 5.91 Å². The summed E-state index contributed by atoms with van der Waals surface area (Å²) in [4.78, 5) is 13.4. The fourth-order valence-electron chi connectivity index (χ4n) is 2.50. The van der Waals surface area contributed by atoms with E-state index in [0.717, 1.165) is 11.8 Å². The first kappa shape index (κ1) is 19.8. The minimum absolute atomic E-state index is 0.0799. The Morgan fingerprint density at radius 1 is 0.893 bits per heavy atom. The molecule has 0 radical (unpaired) electrons. The number of thioether (sulfide) groups is 1. The third-order valence-corrected chi connectivity index (χ3v) is 5.06. The van der Waals surface area contributed by atoms with Crippen LogP contribution in [0.4, 0.5) is 28.9 Å². The van der Waals surface area contributed by atoms with Crippen LogP contribution in [0.2, 0.25) is 0 Å². The number of nitrogens with one attached hydrogen (secondary N) is 1. The summed E-state index contributed by atoms with van der Waals surface area (Å²) in [5, 5.41) is 1.02. The van der Waals surface area contributed by atoms with Gasteiger partial charge in [0.05, 0.1) is 0 Å². The standard InChI is InChI=1S/C20H14F4N2OS/c21-14-10-15(22)17(24)18(16(14)23)26-20(27)19(11-5-2-1-3-6-11)28-13-8-4-7-12(25)9-13/h1-10,19H,25H2,(H,26,27). The number of nitrogen functional groups attached to an aromatic ring is 1. The third-order valence-electron chi connectivity index (χ3n) is 3.81. The second kappa shape index (κ2) is 8.35. The summed E-state index contributed by atoms with van der Waals surface area (Å²) in [6.45, 7) is 0. The molecule has 3 N–H and O–H groups in total. The molecule has 1 unspecified atom stereocenters. The van der Waals surface area contributed by atoms with Crippen LogP contribution in [0.15, 0.2) is 65.6 Å². The van der Waals surface area contributed by atoms with E-state index in [1.165, 1.54) is 0 Å². The number of nitrogens with two attached hydrogens (primary N) is 1. The number of hydrogen-bond acceptors (Lipinski definition) is 3. The first-order valence-electron chi connectivity index (χ1n) is 8.08. The summed E-state index contributed by atoms with van der Waals surface area (Å²) in [6, 6.07) is 15.2. The number of carbonyl (C=O) groups excluding carboxylic acids is 1. The van der Waals surface area contributed by atoms with Crippen molar-refractivity contribution >= 4 is 29.0 Å². The maximum absolute atomic E-state index is 13.9. The molecule has 0 saturated carbocycles. The lowest BCUT2D eigenvalue weighted by atomic mass is 10.1. The van der Waals surface area contributed by atoms with E-state index in [0.29, 0.717) is 16.1 Å². The van der Waals surface area contributed by atoms with E-state index in [-0.39, 0.29) is 6.07 Å². The van der Waals surface area contributed by atoms with E-state index < -0.39 is 40.1 Å². The van der Waals surface area contributed by atoms with Gasteiger partial charge in [0.1, 0.15) is 10.9 Å². The van der Waals surface area contributed by atoms with Gasteiger partial charge in [-0.15, -0.1) is 11.8 Å². The highest BCUT2D eigenvalue weighted by molar-refractivity contribution is 8.00. The van der Waals surface area contributed by atoms with Crippen LogP contribution in [0.25, 0.3) is 0 Å². The first-order valence-corrected chi connectivity index (χ1v) is 8.95. The lowest BCUT2D eigenvalue weighted by molar-refractivity contribution is -0.115. The van der Waals surface area contributed by atoms with Crippen molar-refractivity contribution in [3.63, 3.8) is 0 Å². The lowest BCUT2D eigenvalue weighted by Gasteiger charge is -2.18. The van der Waals surface area contributed by atoms with Crippen molar-refractivity contribution in [2.75, 3.05) is 11.1 Å². The molecule has 0 fully saturated rings. The monoisotopic (exact) mass is 406 g/mol. The van der Waals surface area contributed by atoms with E-state index in [1.807, 2.05) is 5.32 Å². The van der Waals surface area contributed by atoms with Crippen LogP contribution in [0.1, 0.15) is 10.8 Å². The maximum atomic E-state index is 13.9. The van der Waals surface area contributed by atoms with Crippen molar-refractivity contribution in [3.8, 4) is 0 Å². The average Bonchev–Trinajstić information content (AvgIpc) is 2.68. The molecule has 0 aliphatic rings. The SMILES string of the molecule is Nc1cccc(SC(C(=O)Nc2c(F)c(F)cc(F)c2F)c2ccccc2)c1. The largest absolute Gasteiger partial charge is 0.399 e. The number of halogens is 4. The molecular formula is C20H14F4N2OS. The minimum atomic E-state index is -1.67. The molecule has 0 aromatic heterocycles. The molecule has 1 atom stereocenters. The second-order valence-corrected chi connectivity index (χ2v) is 6.99. The van der Waals surface area contributed by atoms with E-state index >= 15 is 0 Å². The molecule has 3 nitrogen and oxygen atoms in total. The Labute approximate surface area is 162 Å². The van der Waals surface area contributed by atoms with Gasteiger partial charge in [-0.2, -0.15) is 0 Å². The van der Waals surface area contributed by atoms with Crippen molar-refractivity contribution in [2.45, 2.75) is 10.1 Å².